The van der Waals surface area contributed by atoms with Gasteiger partial charge in [0.05, 0.1) is 17.8 Å². The van der Waals surface area contributed by atoms with Gasteiger partial charge in [-0.2, -0.15) is 0 Å². The van der Waals surface area contributed by atoms with Gasteiger partial charge in [0, 0.05) is 42.3 Å². The average molecular weight is 410 g/mol. The standard InChI is InChI=1S/C21H20F2N6O/c22-15-8-21(9-15,19-16(23)2-1-4-26-19)12-29-20-27-10-14(11-28-20)17-6-13(3-5-25-17)7-18(24)30/h1-6,10-11,15H,7-9,12H2,(H2,24,30)(H,27,28,29). The van der Waals surface area contributed by atoms with Crippen LogP contribution in [0.5, 0.6) is 0 Å². The Labute approximate surface area is 171 Å². The summed E-state index contributed by atoms with van der Waals surface area (Å²) in [6.45, 7) is 0.271. The lowest BCUT2D eigenvalue weighted by Crippen LogP contribution is -2.49. The van der Waals surface area contributed by atoms with Gasteiger partial charge in [0.15, 0.2) is 0 Å². The molecule has 0 saturated heterocycles. The first-order valence-corrected chi connectivity index (χ1v) is 9.50. The van der Waals surface area contributed by atoms with Gasteiger partial charge in [-0.1, -0.05) is 0 Å². The Morgan fingerprint density at radius 2 is 1.93 bits per heavy atom. The van der Waals surface area contributed by atoms with Gasteiger partial charge >= 0.3 is 0 Å². The van der Waals surface area contributed by atoms with Gasteiger partial charge in [0.25, 0.3) is 0 Å². The summed E-state index contributed by atoms with van der Waals surface area (Å²) in [5, 5.41) is 3.07. The summed E-state index contributed by atoms with van der Waals surface area (Å²) in [6, 6.07) is 6.32. The number of anilines is 1. The molecule has 1 fully saturated rings. The molecule has 3 heterocycles. The normalized spacial score (nSPS) is 20.4. The summed E-state index contributed by atoms with van der Waals surface area (Å²) in [7, 11) is 0. The van der Waals surface area contributed by atoms with E-state index in [2.05, 4.69) is 25.3 Å². The van der Waals surface area contributed by atoms with Crippen molar-refractivity contribution in [2.75, 3.05) is 11.9 Å². The number of hydrogen-bond donors (Lipinski definition) is 2. The number of alkyl halides is 1. The van der Waals surface area contributed by atoms with Crippen LogP contribution in [0.4, 0.5) is 14.7 Å². The zero-order valence-electron chi connectivity index (χ0n) is 16.1. The molecule has 0 spiro atoms. The number of nitrogens with two attached hydrogens (primary N) is 1. The molecule has 3 aromatic heterocycles. The largest absolute Gasteiger partial charge is 0.369 e. The first-order chi connectivity index (χ1) is 14.4. The molecule has 0 radical (unpaired) electrons. The highest BCUT2D eigenvalue weighted by Gasteiger charge is 2.48. The third-order valence-corrected chi connectivity index (χ3v) is 5.22. The van der Waals surface area contributed by atoms with Crippen molar-refractivity contribution < 1.29 is 13.6 Å². The van der Waals surface area contributed by atoms with Crippen molar-refractivity contribution in [2.45, 2.75) is 30.8 Å². The van der Waals surface area contributed by atoms with E-state index in [9.17, 15) is 13.6 Å². The maximum atomic E-state index is 14.2. The molecule has 7 nitrogen and oxygen atoms in total. The Hall–Kier alpha value is -3.49. The number of rotatable bonds is 7. The minimum atomic E-state index is -0.977. The molecule has 154 valence electrons. The van der Waals surface area contributed by atoms with E-state index in [0.29, 0.717) is 17.2 Å². The number of nitrogens with one attached hydrogen (secondary N) is 1. The van der Waals surface area contributed by atoms with E-state index >= 15 is 0 Å². The molecule has 1 aliphatic rings. The van der Waals surface area contributed by atoms with Crippen molar-refractivity contribution in [2.24, 2.45) is 5.73 Å². The third-order valence-electron chi connectivity index (χ3n) is 5.22. The van der Waals surface area contributed by atoms with Crippen LogP contribution in [0.3, 0.4) is 0 Å². The summed E-state index contributed by atoms with van der Waals surface area (Å²) in [5.74, 6) is -0.526. The summed E-state index contributed by atoms with van der Waals surface area (Å²) in [5.41, 5.74) is 6.81. The quantitative estimate of drug-likeness (QED) is 0.620. The highest BCUT2D eigenvalue weighted by molar-refractivity contribution is 5.77. The molecule has 30 heavy (non-hydrogen) atoms. The van der Waals surface area contributed by atoms with Crippen LogP contribution in [-0.4, -0.2) is 38.6 Å². The van der Waals surface area contributed by atoms with Crippen molar-refractivity contribution in [3.05, 3.63) is 66.1 Å². The van der Waals surface area contributed by atoms with Gasteiger partial charge in [0.1, 0.15) is 12.0 Å². The second-order valence-corrected chi connectivity index (χ2v) is 7.46. The monoisotopic (exact) mass is 410 g/mol. The average Bonchev–Trinajstić information content (AvgIpc) is 2.71. The van der Waals surface area contributed by atoms with Crippen LogP contribution in [0.1, 0.15) is 24.1 Å². The smallest absolute Gasteiger partial charge is 0.222 e. The number of hydrogen-bond acceptors (Lipinski definition) is 6. The molecule has 0 atom stereocenters. The maximum absolute atomic E-state index is 14.2. The molecule has 4 rings (SSSR count). The lowest BCUT2D eigenvalue weighted by Gasteiger charge is -2.43. The number of carbonyl (C=O) groups is 1. The van der Waals surface area contributed by atoms with Crippen LogP contribution in [0.25, 0.3) is 11.3 Å². The zero-order valence-corrected chi connectivity index (χ0v) is 16.1. The molecule has 1 saturated carbocycles. The Morgan fingerprint density at radius 3 is 2.60 bits per heavy atom. The fourth-order valence-electron chi connectivity index (χ4n) is 3.73. The minimum absolute atomic E-state index is 0.123. The first-order valence-electron chi connectivity index (χ1n) is 9.50. The topological polar surface area (TPSA) is 107 Å². The zero-order chi connectivity index (χ0) is 21.1. The lowest BCUT2D eigenvalue weighted by molar-refractivity contribution is -0.117. The number of nitrogens with zero attached hydrogens (tertiary/aromatic N) is 4. The molecular weight excluding hydrogens is 390 g/mol. The molecular formula is C21H20F2N6O. The van der Waals surface area contributed by atoms with E-state index in [0.717, 1.165) is 5.56 Å². The molecule has 0 bridgehead atoms. The van der Waals surface area contributed by atoms with E-state index < -0.39 is 23.3 Å². The van der Waals surface area contributed by atoms with Crippen molar-refractivity contribution in [3.63, 3.8) is 0 Å². The number of carbonyl (C=O) groups excluding carboxylic acids is 1. The van der Waals surface area contributed by atoms with Crippen LogP contribution >= 0.6 is 0 Å². The van der Waals surface area contributed by atoms with E-state index in [-0.39, 0.29) is 31.5 Å². The van der Waals surface area contributed by atoms with Crippen LogP contribution in [0, 0.1) is 5.82 Å². The summed E-state index contributed by atoms with van der Waals surface area (Å²) in [6.07, 6.45) is 5.83. The van der Waals surface area contributed by atoms with Crippen LogP contribution in [0.2, 0.25) is 0 Å². The number of primary amides is 1. The third kappa shape index (κ3) is 4.10. The second kappa shape index (κ2) is 8.10. The second-order valence-electron chi connectivity index (χ2n) is 7.46. The Morgan fingerprint density at radius 1 is 1.17 bits per heavy atom. The number of pyridine rings is 2. The number of halogens is 2. The summed E-state index contributed by atoms with van der Waals surface area (Å²) in [4.78, 5) is 28.1. The summed E-state index contributed by atoms with van der Waals surface area (Å²) < 4.78 is 27.9. The molecule has 3 aromatic rings. The SMILES string of the molecule is NC(=O)Cc1ccnc(-c2cnc(NCC3(c4ncccc4F)CC(F)C3)nc2)c1. The molecule has 0 aromatic carbocycles. The van der Waals surface area contributed by atoms with Crippen molar-refractivity contribution in [1.82, 2.24) is 19.9 Å². The van der Waals surface area contributed by atoms with E-state index in [4.69, 9.17) is 5.73 Å². The van der Waals surface area contributed by atoms with Gasteiger partial charge in [-0.05, 0) is 42.7 Å². The van der Waals surface area contributed by atoms with Gasteiger partial charge in [-0.3, -0.25) is 14.8 Å². The van der Waals surface area contributed by atoms with E-state index in [1.165, 1.54) is 18.3 Å². The maximum Gasteiger partial charge on any atom is 0.222 e. The van der Waals surface area contributed by atoms with Gasteiger partial charge in [0.2, 0.25) is 11.9 Å². The van der Waals surface area contributed by atoms with E-state index in [1.54, 1.807) is 30.7 Å². The van der Waals surface area contributed by atoms with Gasteiger partial charge in [-0.25, -0.2) is 18.7 Å². The molecule has 9 heteroatoms. The Kier molecular flexibility index (Phi) is 5.35. The van der Waals surface area contributed by atoms with Crippen molar-refractivity contribution in [1.29, 1.82) is 0 Å². The van der Waals surface area contributed by atoms with Gasteiger partial charge in [-0.15, -0.1) is 0 Å². The fourth-order valence-corrected chi connectivity index (χ4v) is 3.73. The van der Waals surface area contributed by atoms with Crippen LogP contribution < -0.4 is 11.1 Å². The molecule has 0 unspecified atom stereocenters. The van der Waals surface area contributed by atoms with E-state index in [1.807, 2.05) is 0 Å². The molecule has 1 amide bonds. The van der Waals surface area contributed by atoms with Crippen molar-refractivity contribution in [3.8, 4) is 11.3 Å². The molecule has 0 aliphatic heterocycles. The highest BCUT2D eigenvalue weighted by atomic mass is 19.1. The molecule has 1 aliphatic carbocycles. The summed E-state index contributed by atoms with van der Waals surface area (Å²) >= 11 is 0. The van der Waals surface area contributed by atoms with Crippen molar-refractivity contribution >= 4 is 11.9 Å². The Bertz CT molecular complexity index is 1050. The van der Waals surface area contributed by atoms with Gasteiger partial charge < -0.3 is 11.1 Å². The number of amides is 1. The predicted molar refractivity (Wildman–Crippen MR) is 107 cm³/mol. The fraction of sp³-hybridized carbons (Fsp3) is 0.286. The predicted octanol–water partition coefficient (Wildman–Crippen LogP) is 2.58. The minimum Gasteiger partial charge on any atom is -0.369 e. The molecule has 3 N–H and O–H groups in total. The van der Waals surface area contributed by atoms with Crippen LogP contribution in [-0.2, 0) is 16.6 Å². The lowest BCUT2D eigenvalue weighted by atomic mass is 9.65. The van der Waals surface area contributed by atoms with Crippen LogP contribution in [0.15, 0.2) is 49.1 Å². The Balaban J connectivity index is 1.47. The number of aromatic nitrogens is 4. The first kappa shape index (κ1) is 19.8. The highest BCUT2D eigenvalue weighted by Crippen LogP contribution is 2.45.